The molecule has 1 aliphatic carbocycles. The molecule has 0 saturated heterocycles. The molecule has 0 nitrogen and oxygen atoms in total. The van der Waals surface area contributed by atoms with Crippen molar-refractivity contribution in [2.24, 2.45) is 0 Å². The van der Waals surface area contributed by atoms with Crippen molar-refractivity contribution in [3.8, 4) is 11.1 Å². The maximum atomic E-state index is 4.22. The zero-order valence-electron chi connectivity index (χ0n) is 12.8. The van der Waals surface area contributed by atoms with Crippen molar-refractivity contribution < 1.29 is 0 Å². The molecule has 3 aromatic carbocycles. The van der Waals surface area contributed by atoms with Crippen LogP contribution in [0, 0.1) is 0 Å². The lowest BCUT2D eigenvalue weighted by atomic mass is 9.89. The van der Waals surface area contributed by atoms with Crippen LogP contribution >= 0.6 is 0 Å². The van der Waals surface area contributed by atoms with E-state index in [1.54, 1.807) is 0 Å². The Morgan fingerprint density at radius 1 is 0.739 bits per heavy atom. The molecule has 0 N–H and O–H groups in total. The van der Waals surface area contributed by atoms with Gasteiger partial charge in [-0.05, 0) is 50.8 Å². The van der Waals surface area contributed by atoms with Crippen molar-refractivity contribution in [2.75, 3.05) is 0 Å². The molecule has 23 heavy (non-hydrogen) atoms. The van der Waals surface area contributed by atoms with Gasteiger partial charge in [0.15, 0.2) is 0 Å². The highest BCUT2D eigenvalue weighted by Gasteiger charge is 2.12. The molecule has 0 aromatic heterocycles. The second kappa shape index (κ2) is 5.61. The van der Waals surface area contributed by atoms with Crippen LogP contribution < -0.4 is 0 Å². The largest absolute Gasteiger partial charge is 0.120 e. The first-order valence-corrected chi connectivity index (χ1v) is 7.74. The van der Waals surface area contributed by atoms with Crippen LogP contribution in [0.3, 0.4) is 0 Å². The molecule has 0 bridgehead atoms. The molecule has 0 unspecified atom stereocenters. The van der Waals surface area contributed by atoms with Crippen molar-refractivity contribution in [3.63, 3.8) is 0 Å². The third-order valence-corrected chi connectivity index (χ3v) is 4.25. The van der Waals surface area contributed by atoms with Crippen LogP contribution in [0.4, 0.5) is 0 Å². The maximum Gasteiger partial charge on any atom is -0.00220 e. The van der Waals surface area contributed by atoms with Crippen LogP contribution in [0.1, 0.15) is 11.1 Å². The minimum absolute atomic E-state index is 1.01. The van der Waals surface area contributed by atoms with Crippen LogP contribution in [0.25, 0.3) is 33.5 Å². The molecule has 0 atom stereocenters. The van der Waals surface area contributed by atoms with Gasteiger partial charge in [0.1, 0.15) is 0 Å². The Bertz CT molecular complexity index is 1010. The maximum absolute atomic E-state index is 4.22. The molecule has 4 rings (SSSR count). The van der Waals surface area contributed by atoms with Gasteiger partial charge in [-0.15, -0.1) is 5.73 Å². The van der Waals surface area contributed by atoms with Crippen molar-refractivity contribution in [3.05, 3.63) is 102 Å². The first kappa shape index (κ1) is 13.6. The monoisotopic (exact) mass is 292 g/mol. The summed E-state index contributed by atoms with van der Waals surface area (Å²) in [6.45, 7) is 4.22. The molecule has 0 heteroatoms. The standard InChI is InChI=1S/C23H16/c1-17-9-3-2-4-13-22-20-12-6-5-10-18(20)15-16-23(22)21-14-8-7-11-19(17)21/h2-3,5-16H,1H2/b9-3-. The Balaban J connectivity index is 2.15. The first-order chi connectivity index (χ1) is 11.3. The Morgan fingerprint density at radius 3 is 2.43 bits per heavy atom. The lowest BCUT2D eigenvalue weighted by Crippen LogP contribution is -1.91. The summed E-state index contributed by atoms with van der Waals surface area (Å²) in [5.41, 5.74) is 9.09. The highest BCUT2D eigenvalue weighted by atomic mass is 14.1. The third-order valence-electron chi connectivity index (χ3n) is 4.25. The lowest BCUT2D eigenvalue weighted by molar-refractivity contribution is 1.57. The van der Waals surface area contributed by atoms with Gasteiger partial charge >= 0.3 is 0 Å². The van der Waals surface area contributed by atoms with Crippen LogP contribution in [0.2, 0.25) is 0 Å². The second-order valence-corrected chi connectivity index (χ2v) is 5.66. The smallest absolute Gasteiger partial charge is 0.00220 e. The summed E-state index contributed by atoms with van der Waals surface area (Å²) in [4.78, 5) is 0. The van der Waals surface area contributed by atoms with Gasteiger partial charge in [-0.2, -0.15) is 0 Å². The molecular weight excluding hydrogens is 276 g/mol. The molecule has 3 aromatic rings. The number of allylic oxidation sites excluding steroid dienone is 4. The Morgan fingerprint density at radius 2 is 1.52 bits per heavy atom. The summed E-state index contributed by atoms with van der Waals surface area (Å²) in [5.74, 6) is 0. The van der Waals surface area contributed by atoms with E-state index in [0.717, 1.165) is 5.57 Å². The Kier molecular flexibility index (Phi) is 3.31. The van der Waals surface area contributed by atoms with Crippen LogP contribution in [-0.2, 0) is 0 Å². The van der Waals surface area contributed by atoms with E-state index in [1.807, 2.05) is 18.2 Å². The number of fused-ring (bicyclic) bond motifs is 5. The van der Waals surface area contributed by atoms with Gasteiger partial charge < -0.3 is 0 Å². The summed E-state index contributed by atoms with van der Waals surface area (Å²) >= 11 is 0. The van der Waals surface area contributed by atoms with Gasteiger partial charge in [-0.25, -0.2) is 0 Å². The normalized spacial score (nSPS) is 14.3. The fraction of sp³-hybridized carbons (Fsp3) is 0. The number of hydrogen-bond acceptors (Lipinski definition) is 0. The highest BCUT2D eigenvalue weighted by Crippen LogP contribution is 2.35. The molecule has 0 radical (unpaired) electrons. The predicted molar refractivity (Wildman–Crippen MR) is 100 cm³/mol. The third kappa shape index (κ3) is 2.36. The molecule has 108 valence electrons. The molecular formula is C23H16. The Labute approximate surface area is 136 Å². The molecule has 0 aliphatic heterocycles. The summed E-state index contributed by atoms with van der Waals surface area (Å²) in [6.07, 6.45) is 8.04. The van der Waals surface area contributed by atoms with E-state index in [0.29, 0.717) is 0 Å². The van der Waals surface area contributed by atoms with Crippen molar-refractivity contribution >= 4 is 22.4 Å². The van der Waals surface area contributed by atoms with E-state index in [1.165, 1.54) is 33.0 Å². The van der Waals surface area contributed by atoms with Crippen LogP contribution in [-0.4, -0.2) is 0 Å². The first-order valence-electron chi connectivity index (χ1n) is 7.74. The van der Waals surface area contributed by atoms with Crippen LogP contribution in [0.15, 0.2) is 91.2 Å². The van der Waals surface area contributed by atoms with E-state index in [4.69, 9.17) is 0 Å². The van der Waals surface area contributed by atoms with E-state index < -0.39 is 0 Å². The average molecular weight is 292 g/mol. The fourth-order valence-electron chi connectivity index (χ4n) is 3.13. The summed E-state index contributed by atoms with van der Waals surface area (Å²) < 4.78 is 0. The summed E-state index contributed by atoms with van der Waals surface area (Å²) in [6, 6.07) is 21.3. The minimum atomic E-state index is 1.01. The lowest BCUT2D eigenvalue weighted by Gasteiger charge is -2.15. The molecule has 0 amide bonds. The number of benzene rings is 3. The van der Waals surface area contributed by atoms with Gasteiger partial charge in [0.2, 0.25) is 0 Å². The second-order valence-electron chi connectivity index (χ2n) is 5.66. The van der Waals surface area contributed by atoms with Gasteiger partial charge in [0.05, 0.1) is 0 Å². The van der Waals surface area contributed by atoms with Crippen molar-refractivity contribution in [1.82, 2.24) is 0 Å². The topological polar surface area (TPSA) is 0 Å². The minimum Gasteiger partial charge on any atom is -0.120 e. The molecule has 1 aliphatic rings. The van der Waals surface area contributed by atoms with Crippen molar-refractivity contribution in [1.29, 1.82) is 0 Å². The SMILES string of the molecule is C=C1/C=C\C=C=Cc2c(ccc3ccccc23)-c2ccccc21. The molecule has 0 spiro atoms. The van der Waals surface area contributed by atoms with Crippen LogP contribution in [0.5, 0.6) is 0 Å². The zero-order valence-corrected chi connectivity index (χ0v) is 12.8. The number of rotatable bonds is 0. The van der Waals surface area contributed by atoms with Crippen molar-refractivity contribution in [2.45, 2.75) is 0 Å². The fourth-order valence-corrected chi connectivity index (χ4v) is 3.13. The molecule has 0 saturated carbocycles. The van der Waals surface area contributed by atoms with Gasteiger partial charge in [0.25, 0.3) is 0 Å². The van der Waals surface area contributed by atoms with Gasteiger partial charge in [-0.1, -0.05) is 79.4 Å². The summed E-state index contributed by atoms with van der Waals surface area (Å²) in [7, 11) is 0. The zero-order chi connectivity index (χ0) is 15.6. The van der Waals surface area contributed by atoms with E-state index in [-0.39, 0.29) is 0 Å². The number of hydrogen-bond donors (Lipinski definition) is 0. The van der Waals surface area contributed by atoms with Gasteiger partial charge in [-0.3, -0.25) is 0 Å². The van der Waals surface area contributed by atoms with E-state index in [2.05, 4.69) is 79.0 Å². The highest BCUT2D eigenvalue weighted by molar-refractivity contribution is 5.99. The van der Waals surface area contributed by atoms with Gasteiger partial charge in [0, 0.05) is 0 Å². The average Bonchev–Trinajstić information content (AvgIpc) is 2.61. The van der Waals surface area contributed by atoms with E-state index >= 15 is 0 Å². The molecule has 0 heterocycles. The Hall–Kier alpha value is -3.08. The molecule has 0 fully saturated rings. The van der Waals surface area contributed by atoms with E-state index in [9.17, 15) is 0 Å². The predicted octanol–water partition coefficient (Wildman–Crippen LogP) is 6.26. The summed E-state index contributed by atoms with van der Waals surface area (Å²) in [5, 5.41) is 2.49. The quantitative estimate of drug-likeness (QED) is 0.429.